The van der Waals surface area contributed by atoms with Gasteiger partial charge in [0.25, 0.3) is 22.8 Å². The van der Waals surface area contributed by atoms with Crippen LogP contribution in [0.5, 0.6) is 0 Å². The fourth-order valence-corrected chi connectivity index (χ4v) is 12.7. The van der Waals surface area contributed by atoms with Crippen molar-refractivity contribution in [3.8, 4) is 0 Å². The summed E-state index contributed by atoms with van der Waals surface area (Å²) in [7, 11) is 1.28. The molecule has 16 nitrogen and oxygen atoms in total. The first-order valence-electron chi connectivity index (χ1n) is 40.4. The molecule has 0 heterocycles. The standard InChI is InChI=1S/C22H23NO2.C19H17NO2.C18H15NO2.C17H13NO2.2C17H13NO/c1-3-4-5-12-17-25-22(24)21(23-2)20(18-13-8-6-9-14-18)19-15-10-7-11-16-19;1-14(2)22-19(21)18(20-3)17(15-10-6-4-7-11-15)16-12-8-5-9-13-16;1-3-21-18(20)17(19-2)16(14-10-6-4-7-11-14)15-12-8-5-9-13-15;1-18-16(17(19)20-2)15(13-9-5-3-6-10-13)14-11-7-4-8-12-14;2*1-13(19)17(18-2)16(14-9-5-3-6-10-14)15-11-7-4-8-12-15/h6-11,13-16H,3-5,12,17H2,1H3;4-14H,1-2H3;4-13H,3H2,1H3;3-12H,2H3;2*3-12H,1H3. The first-order chi connectivity index (χ1) is 61.4. The minimum atomic E-state index is -0.622. The summed E-state index contributed by atoms with van der Waals surface area (Å²) in [6, 6.07) is 114. The average molecular weight is 1660 g/mol. The second kappa shape index (κ2) is 53.7. The van der Waals surface area contributed by atoms with Crippen molar-refractivity contribution in [1.29, 1.82) is 0 Å². The van der Waals surface area contributed by atoms with Crippen LogP contribution in [0.1, 0.15) is 134 Å². The summed E-state index contributed by atoms with van der Waals surface area (Å²) >= 11 is 0. The van der Waals surface area contributed by atoms with E-state index in [1.165, 1.54) is 21.0 Å². The largest absolute Gasteiger partial charge is 0.474 e. The first kappa shape index (κ1) is 96.4. The molecule has 0 saturated carbocycles. The molecule has 0 saturated heterocycles. The molecule has 0 spiro atoms. The van der Waals surface area contributed by atoms with Crippen molar-refractivity contribution in [2.75, 3.05) is 20.3 Å². The Labute approximate surface area is 739 Å². The molecule has 0 aliphatic rings. The Hall–Kier alpha value is -16.8. The summed E-state index contributed by atoms with van der Waals surface area (Å²) in [4.78, 5) is 92.7. The highest BCUT2D eigenvalue weighted by Crippen LogP contribution is 2.35. The molecule has 0 aromatic heterocycles. The molecular formula is C110H94N6O10. The van der Waals surface area contributed by atoms with Gasteiger partial charge < -0.3 is 28.5 Å². The van der Waals surface area contributed by atoms with Crippen molar-refractivity contribution < 1.29 is 47.7 Å². The number of carbonyl (C=O) groups excluding carboxylic acids is 6. The highest BCUT2D eigenvalue weighted by molar-refractivity contribution is 6.09. The molecule has 0 unspecified atom stereocenters. The van der Waals surface area contributed by atoms with E-state index in [-0.39, 0.29) is 58.5 Å². The molecule has 0 aliphatic carbocycles. The molecule has 0 aliphatic heterocycles. The van der Waals surface area contributed by atoms with Gasteiger partial charge in [-0.2, -0.15) is 0 Å². The summed E-state index contributed by atoms with van der Waals surface area (Å²) in [5, 5.41) is 0. The van der Waals surface area contributed by atoms with Crippen LogP contribution in [0.3, 0.4) is 0 Å². The lowest BCUT2D eigenvalue weighted by atomic mass is 9.95. The van der Waals surface area contributed by atoms with Gasteiger partial charge >= 0.3 is 23.9 Å². The van der Waals surface area contributed by atoms with Crippen molar-refractivity contribution in [1.82, 2.24) is 0 Å². The Kier molecular flexibility index (Phi) is 41.1. The van der Waals surface area contributed by atoms with Crippen LogP contribution in [0.2, 0.25) is 0 Å². The van der Waals surface area contributed by atoms with Gasteiger partial charge in [0.15, 0.2) is 11.6 Å². The molecule has 624 valence electrons. The van der Waals surface area contributed by atoms with E-state index in [9.17, 15) is 28.8 Å². The normalized spacial score (nSPS) is 9.63. The van der Waals surface area contributed by atoms with Crippen molar-refractivity contribution in [2.45, 2.75) is 73.3 Å². The second-order valence-corrected chi connectivity index (χ2v) is 27.4. The molecule has 12 aromatic rings. The Morgan fingerprint density at radius 2 is 0.437 bits per heavy atom. The molecule has 0 atom stereocenters. The van der Waals surface area contributed by atoms with Gasteiger partial charge in [-0.05, 0) is 119 Å². The fraction of sp³-hybridized carbons (Fsp3) is 0.127. The summed E-state index contributed by atoms with van der Waals surface area (Å²) in [5.41, 5.74) is 14.3. The Morgan fingerprint density at radius 1 is 0.254 bits per heavy atom. The smallest absolute Gasteiger partial charge is 0.337 e. The Bertz CT molecular complexity index is 5670. The van der Waals surface area contributed by atoms with Gasteiger partial charge in [-0.25, -0.2) is 29.1 Å². The number of rotatable bonds is 25. The van der Waals surface area contributed by atoms with Gasteiger partial charge in [0, 0.05) is 22.3 Å². The number of benzene rings is 12. The number of unbranched alkanes of at least 4 members (excludes halogenated alkanes) is 3. The number of ether oxygens (including phenoxy) is 4. The van der Waals surface area contributed by atoms with Crippen LogP contribution >= 0.6 is 0 Å². The van der Waals surface area contributed by atoms with Crippen LogP contribution in [-0.4, -0.2) is 61.9 Å². The number of nitrogens with zero attached hydrogens (tertiary/aromatic N) is 6. The van der Waals surface area contributed by atoms with Crippen LogP contribution in [0.4, 0.5) is 0 Å². The minimum Gasteiger partial charge on any atom is -0.474 e. The maximum absolute atomic E-state index is 12.5. The summed E-state index contributed by atoms with van der Waals surface area (Å²) in [5.74, 6) is -2.77. The maximum Gasteiger partial charge on any atom is 0.337 e. The number of ketones is 2. The van der Waals surface area contributed by atoms with Crippen LogP contribution in [-0.2, 0) is 47.7 Å². The molecule has 126 heavy (non-hydrogen) atoms. The van der Waals surface area contributed by atoms with E-state index in [0.29, 0.717) is 40.0 Å². The molecule has 16 heteroatoms. The Morgan fingerprint density at radius 3 is 0.603 bits per heavy atom. The lowest BCUT2D eigenvalue weighted by molar-refractivity contribution is -0.142. The predicted octanol–water partition coefficient (Wildman–Crippen LogP) is 25.2. The van der Waals surface area contributed by atoms with Gasteiger partial charge in [-0.15, -0.1) is 0 Å². The van der Waals surface area contributed by atoms with Crippen LogP contribution < -0.4 is 0 Å². The maximum atomic E-state index is 12.5. The van der Waals surface area contributed by atoms with Crippen molar-refractivity contribution in [3.05, 3.63) is 533 Å². The molecule has 0 bridgehead atoms. The molecule has 0 amide bonds. The van der Waals surface area contributed by atoms with Gasteiger partial charge in [0.1, 0.15) is 0 Å². The van der Waals surface area contributed by atoms with E-state index >= 15 is 0 Å². The minimum absolute atomic E-state index is 0.00565. The third-order valence-corrected chi connectivity index (χ3v) is 18.3. The molecule has 0 fully saturated rings. The van der Waals surface area contributed by atoms with E-state index in [1.807, 2.05) is 364 Å². The number of hydrogen-bond acceptors (Lipinski definition) is 10. The lowest BCUT2D eigenvalue weighted by Gasteiger charge is -2.13. The monoisotopic (exact) mass is 1660 g/mol. The fourth-order valence-electron chi connectivity index (χ4n) is 12.7. The third-order valence-electron chi connectivity index (χ3n) is 18.3. The number of Topliss-reactive ketones (excluding diaryl/α,β-unsaturated/α-hetero) is 2. The zero-order valence-electron chi connectivity index (χ0n) is 71.2. The van der Waals surface area contributed by atoms with E-state index in [0.717, 1.165) is 92.4 Å². The van der Waals surface area contributed by atoms with Gasteiger partial charge in [0.2, 0.25) is 11.4 Å². The van der Waals surface area contributed by atoms with Crippen molar-refractivity contribution >= 4 is 68.9 Å². The summed E-state index contributed by atoms with van der Waals surface area (Å²) in [6.07, 6.45) is 3.86. The Balaban J connectivity index is 0.000000208. The summed E-state index contributed by atoms with van der Waals surface area (Å²) in [6.45, 7) is 55.0. The quantitative estimate of drug-likeness (QED) is 0.0177. The topological polar surface area (TPSA) is 166 Å². The highest BCUT2D eigenvalue weighted by atomic mass is 16.5. The highest BCUT2D eigenvalue weighted by Gasteiger charge is 2.26. The van der Waals surface area contributed by atoms with Gasteiger partial charge in [0.05, 0.1) is 65.9 Å². The third kappa shape index (κ3) is 29.3. The molecule has 12 aromatic carbocycles. The number of carbonyl (C=O) groups is 6. The molecule has 12 rings (SSSR count). The van der Waals surface area contributed by atoms with Crippen LogP contribution in [0, 0.1) is 39.4 Å². The predicted molar refractivity (Wildman–Crippen MR) is 499 cm³/mol. The number of hydrogen-bond donors (Lipinski definition) is 0. The van der Waals surface area contributed by atoms with E-state index in [4.69, 9.17) is 58.4 Å². The average Bonchev–Trinajstić information content (AvgIpc) is 1.02. The van der Waals surface area contributed by atoms with E-state index in [1.54, 1.807) is 20.8 Å². The van der Waals surface area contributed by atoms with E-state index in [2.05, 4.69) is 36.0 Å². The number of methoxy groups -OCH3 is 1. The van der Waals surface area contributed by atoms with Gasteiger partial charge in [-0.1, -0.05) is 390 Å². The zero-order chi connectivity index (χ0) is 90.6. The first-order valence-corrected chi connectivity index (χ1v) is 40.4. The van der Waals surface area contributed by atoms with Crippen molar-refractivity contribution in [2.24, 2.45) is 0 Å². The van der Waals surface area contributed by atoms with Crippen molar-refractivity contribution in [3.63, 3.8) is 0 Å². The zero-order valence-corrected chi connectivity index (χ0v) is 71.2. The molecule has 0 radical (unpaired) electrons. The SMILES string of the molecule is [C-]#[N+]C(C(=O)OC(C)C)=C(c1ccccc1)c1ccccc1.[C-]#[N+]C(C(=O)OC)=C(c1ccccc1)c1ccccc1.[C-]#[N+]C(C(=O)OCC)=C(c1ccccc1)c1ccccc1.[C-]#[N+]C(C(=O)OCCCCCC)=C(c1ccccc1)c1ccccc1.[C-]#[N+]C(C(C)=O)=C(c1ccccc1)c1ccccc1.[C-]#[N+]C(C(C)=O)=C(c1ccccc1)c1ccccc1. The molecule has 0 N–H and O–H groups in total. The lowest BCUT2D eigenvalue weighted by Crippen LogP contribution is -2.13. The summed E-state index contributed by atoms with van der Waals surface area (Å²) < 4.78 is 20.3. The molecular weight excluding hydrogens is 1570 g/mol. The van der Waals surface area contributed by atoms with Crippen LogP contribution in [0.15, 0.2) is 398 Å². The van der Waals surface area contributed by atoms with Gasteiger partial charge in [-0.3, -0.25) is 19.2 Å². The number of allylic oxidation sites excluding steroid dienone is 2. The van der Waals surface area contributed by atoms with Crippen LogP contribution in [0.25, 0.3) is 62.5 Å². The number of esters is 4. The second-order valence-electron chi connectivity index (χ2n) is 27.4. The van der Waals surface area contributed by atoms with E-state index < -0.39 is 23.9 Å².